The molecule has 1 aromatic heterocycles. The second kappa shape index (κ2) is 11.5. The first kappa shape index (κ1) is 22.9. The highest BCUT2D eigenvalue weighted by Crippen LogP contribution is 2.40. The number of ether oxygens (including phenoxy) is 2. The summed E-state index contributed by atoms with van der Waals surface area (Å²) in [4.78, 5) is 0. The maximum Gasteiger partial charge on any atom is 0.199 e. The third kappa shape index (κ3) is 6.09. The van der Waals surface area contributed by atoms with Gasteiger partial charge in [0.05, 0.1) is 13.2 Å². The van der Waals surface area contributed by atoms with Crippen molar-refractivity contribution in [3.8, 4) is 17.4 Å². The average molecular weight is 425 g/mol. The van der Waals surface area contributed by atoms with Crippen molar-refractivity contribution in [2.45, 2.75) is 65.3 Å². The molecule has 0 amide bonds. The van der Waals surface area contributed by atoms with Gasteiger partial charge in [0.1, 0.15) is 0 Å². The number of nitrogens with two attached hydrogens (primary N) is 1. The Balaban J connectivity index is 1.82. The quantitative estimate of drug-likeness (QED) is 0.249. The Bertz CT molecular complexity index is 947. The number of benzene rings is 2. The second-order valence-corrected chi connectivity index (χ2v) is 8.10. The number of rotatable bonds is 13. The molecule has 0 spiro atoms. The van der Waals surface area contributed by atoms with E-state index in [2.05, 4.69) is 13.8 Å². The first-order valence-electron chi connectivity index (χ1n) is 11.6. The summed E-state index contributed by atoms with van der Waals surface area (Å²) in [6.07, 6.45) is 9.42. The Labute approximate surface area is 185 Å². The standard InChI is InChI=1S/C26H36N2O3/c1-3-5-7-17-30-24-14-13-22-23(25(24)31-18-8-6-4-2)19-28(26(22)29)16-15-20-9-11-21(27)12-10-20/h9-14,19,29H,3-8,15-18,27H2,1-2H3. The molecule has 168 valence electrons. The largest absolute Gasteiger partial charge is 0.494 e. The molecule has 0 aliphatic rings. The highest BCUT2D eigenvalue weighted by atomic mass is 16.5. The molecule has 31 heavy (non-hydrogen) atoms. The zero-order valence-corrected chi connectivity index (χ0v) is 18.9. The van der Waals surface area contributed by atoms with Crippen molar-refractivity contribution in [1.82, 2.24) is 4.57 Å². The van der Waals surface area contributed by atoms with E-state index in [-0.39, 0.29) is 5.88 Å². The van der Waals surface area contributed by atoms with Crippen LogP contribution in [0.1, 0.15) is 57.9 Å². The molecule has 0 aliphatic heterocycles. The maximum atomic E-state index is 10.8. The number of anilines is 1. The molecule has 1 heterocycles. The smallest absolute Gasteiger partial charge is 0.199 e. The van der Waals surface area contributed by atoms with Crippen LogP contribution in [-0.2, 0) is 13.0 Å². The zero-order valence-electron chi connectivity index (χ0n) is 18.9. The molecule has 2 aromatic carbocycles. The molecule has 0 fully saturated rings. The number of fused-ring (bicyclic) bond motifs is 1. The van der Waals surface area contributed by atoms with Gasteiger partial charge in [-0.15, -0.1) is 0 Å². The van der Waals surface area contributed by atoms with Crippen molar-refractivity contribution in [1.29, 1.82) is 0 Å². The number of hydrogen-bond donors (Lipinski definition) is 2. The molecule has 5 heteroatoms. The van der Waals surface area contributed by atoms with Crippen LogP contribution >= 0.6 is 0 Å². The summed E-state index contributed by atoms with van der Waals surface area (Å²) < 4.78 is 14.1. The van der Waals surface area contributed by atoms with Gasteiger partial charge in [-0.2, -0.15) is 0 Å². The summed E-state index contributed by atoms with van der Waals surface area (Å²) in [6.45, 7) is 6.36. The number of aryl methyl sites for hydroxylation is 2. The molecule has 0 saturated carbocycles. The van der Waals surface area contributed by atoms with Crippen LogP contribution in [0.5, 0.6) is 17.4 Å². The van der Waals surface area contributed by atoms with Crippen LogP contribution in [0.15, 0.2) is 42.6 Å². The fourth-order valence-corrected chi connectivity index (χ4v) is 3.70. The molecule has 0 aliphatic carbocycles. The van der Waals surface area contributed by atoms with E-state index in [4.69, 9.17) is 15.2 Å². The molecule has 0 unspecified atom stereocenters. The lowest BCUT2D eigenvalue weighted by molar-refractivity contribution is 0.262. The summed E-state index contributed by atoms with van der Waals surface area (Å²) in [5.41, 5.74) is 7.72. The summed E-state index contributed by atoms with van der Waals surface area (Å²) in [7, 11) is 0. The first-order valence-corrected chi connectivity index (χ1v) is 11.6. The van der Waals surface area contributed by atoms with Crippen LogP contribution in [-0.4, -0.2) is 22.9 Å². The van der Waals surface area contributed by atoms with E-state index in [9.17, 15) is 5.11 Å². The van der Waals surface area contributed by atoms with Crippen molar-refractivity contribution in [3.63, 3.8) is 0 Å². The number of nitrogen functional groups attached to an aromatic ring is 1. The first-order chi connectivity index (χ1) is 15.1. The van der Waals surface area contributed by atoms with Gasteiger partial charge in [0.15, 0.2) is 17.4 Å². The average Bonchev–Trinajstić information content (AvgIpc) is 3.10. The number of nitrogens with zero attached hydrogens (tertiary/aromatic N) is 1. The Morgan fingerprint density at radius 2 is 1.52 bits per heavy atom. The van der Waals surface area contributed by atoms with Gasteiger partial charge in [-0.05, 0) is 49.1 Å². The van der Waals surface area contributed by atoms with Crippen LogP contribution in [0.4, 0.5) is 5.69 Å². The minimum absolute atomic E-state index is 0.265. The van der Waals surface area contributed by atoms with Crippen molar-refractivity contribution < 1.29 is 14.6 Å². The molecule has 3 aromatic rings. The van der Waals surface area contributed by atoms with E-state index in [1.807, 2.05) is 47.2 Å². The van der Waals surface area contributed by atoms with Gasteiger partial charge in [-0.1, -0.05) is 51.7 Å². The Morgan fingerprint density at radius 3 is 2.19 bits per heavy atom. The molecular formula is C26H36N2O3. The van der Waals surface area contributed by atoms with Crippen molar-refractivity contribution in [2.75, 3.05) is 18.9 Å². The molecule has 3 N–H and O–H groups in total. The minimum Gasteiger partial charge on any atom is -0.494 e. The van der Waals surface area contributed by atoms with Gasteiger partial charge in [0, 0.05) is 29.2 Å². The summed E-state index contributed by atoms with van der Waals surface area (Å²) in [5.74, 6) is 1.77. The van der Waals surface area contributed by atoms with Crippen LogP contribution in [0.25, 0.3) is 10.8 Å². The molecule has 0 bridgehead atoms. The third-order valence-corrected chi connectivity index (χ3v) is 5.58. The monoisotopic (exact) mass is 424 g/mol. The Kier molecular flexibility index (Phi) is 8.51. The lowest BCUT2D eigenvalue weighted by Gasteiger charge is -2.14. The van der Waals surface area contributed by atoms with E-state index < -0.39 is 0 Å². The van der Waals surface area contributed by atoms with Crippen molar-refractivity contribution >= 4 is 16.5 Å². The predicted octanol–water partition coefficient (Wildman–Crippen LogP) is 6.31. The lowest BCUT2D eigenvalue weighted by Crippen LogP contribution is -2.03. The molecule has 5 nitrogen and oxygen atoms in total. The SMILES string of the molecule is CCCCCOc1ccc2c(O)n(CCc3ccc(N)cc3)cc2c1OCCCCC. The van der Waals surface area contributed by atoms with Gasteiger partial charge in [0.25, 0.3) is 0 Å². The lowest BCUT2D eigenvalue weighted by atomic mass is 10.1. The summed E-state index contributed by atoms with van der Waals surface area (Å²) >= 11 is 0. The fourth-order valence-electron chi connectivity index (χ4n) is 3.70. The van der Waals surface area contributed by atoms with Gasteiger partial charge >= 0.3 is 0 Å². The third-order valence-electron chi connectivity index (χ3n) is 5.58. The Morgan fingerprint density at radius 1 is 0.839 bits per heavy atom. The van der Waals surface area contributed by atoms with Crippen LogP contribution in [0.2, 0.25) is 0 Å². The van der Waals surface area contributed by atoms with E-state index in [0.29, 0.717) is 19.8 Å². The van der Waals surface area contributed by atoms with Gasteiger partial charge in [-0.3, -0.25) is 0 Å². The number of unbranched alkanes of at least 4 members (excludes halogenated alkanes) is 4. The van der Waals surface area contributed by atoms with Gasteiger partial charge in [0.2, 0.25) is 0 Å². The summed E-state index contributed by atoms with van der Waals surface area (Å²) in [5, 5.41) is 12.5. The van der Waals surface area contributed by atoms with Crippen molar-refractivity contribution in [2.24, 2.45) is 0 Å². The zero-order chi connectivity index (χ0) is 22.1. The number of hydrogen-bond acceptors (Lipinski definition) is 4. The number of aromatic hydroxyl groups is 1. The van der Waals surface area contributed by atoms with Crippen LogP contribution in [0, 0.1) is 0 Å². The molecule has 0 atom stereocenters. The highest BCUT2D eigenvalue weighted by Gasteiger charge is 2.17. The van der Waals surface area contributed by atoms with Crippen LogP contribution < -0.4 is 15.2 Å². The normalized spacial score (nSPS) is 11.2. The Hall–Kier alpha value is -2.82. The molecule has 0 radical (unpaired) electrons. The predicted molar refractivity (Wildman–Crippen MR) is 128 cm³/mol. The number of aromatic nitrogens is 1. The summed E-state index contributed by atoms with van der Waals surface area (Å²) in [6, 6.07) is 11.7. The second-order valence-electron chi connectivity index (χ2n) is 8.10. The van der Waals surface area contributed by atoms with Gasteiger partial charge < -0.3 is 24.9 Å². The van der Waals surface area contributed by atoms with E-state index in [1.54, 1.807) is 0 Å². The highest BCUT2D eigenvalue weighted by molar-refractivity contribution is 5.94. The van der Waals surface area contributed by atoms with Crippen LogP contribution in [0.3, 0.4) is 0 Å². The van der Waals surface area contributed by atoms with E-state index in [1.165, 1.54) is 5.56 Å². The molecule has 3 rings (SSSR count). The topological polar surface area (TPSA) is 69.6 Å². The van der Waals surface area contributed by atoms with Gasteiger partial charge in [-0.25, -0.2) is 0 Å². The fraction of sp³-hybridized carbons (Fsp3) is 0.462. The van der Waals surface area contributed by atoms with Crippen molar-refractivity contribution in [3.05, 3.63) is 48.2 Å². The van der Waals surface area contributed by atoms with E-state index >= 15 is 0 Å². The van der Waals surface area contributed by atoms with E-state index in [0.717, 1.165) is 72.9 Å². The minimum atomic E-state index is 0.265. The molecular weight excluding hydrogens is 388 g/mol. The molecule has 0 saturated heterocycles. The maximum absolute atomic E-state index is 10.8.